The summed E-state index contributed by atoms with van der Waals surface area (Å²) in [7, 11) is 0.511. The summed E-state index contributed by atoms with van der Waals surface area (Å²) in [6.07, 6.45) is 6.66. The molecule has 3 N–H and O–H groups in total. The number of rotatable bonds is 10. The molecule has 1 unspecified atom stereocenters. The minimum absolute atomic E-state index is 0.249. The van der Waals surface area contributed by atoms with Crippen LogP contribution in [0.5, 0.6) is 0 Å². The van der Waals surface area contributed by atoms with E-state index in [-0.39, 0.29) is 5.56 Å². The van der Waals surface area contributed by atoms with E-state index in [9.17, 15) is 13.4 Å². The second-order valence-electron chi connectivity index (χ2n) is 8.07. The van der Waals surface area contributed by atoms with Crippen molar-refractivity contribution >= 4 is 45.5 Å². The molecule has 0 aliphatic heterocycles. The molecule has 0 radical (unpaired) electrons. The third kappa shape index (κ3) is 6.11. The maximum absolute atomic E-state index is 13.2. The Morgan fingerprint density at radius 1 is 1.14 bits per heavy atom. The van der Waals surface area contributed by atoms with Gasteiger partial charge in [0, 0.05) is 25.6 Å². The first-order valence-electron chi connectivity index (χ1n) is 11.1. The molecular weight excluding hydrogens is 471 g/mol. The van der Waals surface area contributed by atoms with Crippen LogP contribution in [-0.2, 0) is 15.8 Å². The first-order chi connectivity index (χ1) is 16.9. The number of nitrogens with one attached hydrogen (secondary N) is 3. The Morgan fingerprint density at radius 3 is 2.60 bits per heavy atom. The number of hydrogen-bond acceptors (Lipinski definition) is 7. The Labute approximate surface area is 205 Å². The highest BCUT2D eigenvalue weighted by molar-refractivity contribution is 7.85. The number of carbonyl (C=O) groups is 1. The van der Waals surface area contributed by atoms with Gasteiger partial charge in [0.2, 0.25) is 5.95 Å². The Balaban J connectivity index is 1.71. The second-order valence-corrected chi connectivity index (χ2v) is 9.47. The van der Waals surface area contributed by atoms with Crippen molar-refractivity contribution in [3.8, 4) is 0 Å². The average molecular weight is 499 g/mol. The van der Waals surface area contributed by atoms with Crippen LogP contribution in [0.15, 0.2) is 48.8 Å². The number of pyridine rings is 2. The molecule has 2 heterocycles. The molecule has 1 aromatic carbocycles. The van der Waals surface area contributed by atoms with Crippen LogP contribution in [0, 0.1) is 5.95 Å². The van der Waals surface area contributed by atoms with Crippen LogP contribution in [0.4, 0.5) is 33.0 Å². The number of carbonyl (C=O) groups excluding carboxylic acids is 1. The zero-order valence-electron chi connectivity index (χ0n) is 19.7. The van der Waals surface area contributed by atoms with E-state index in [0.29, 0.717) is 35.4 Å². The third-order valence-corrected chi connectivity index (χ3v) is 6.49. The fraction of sp³-hybridized carbons (Fsp3) is 0.292. The van der Waals surface area contributed by atoms with Crippen LogP contribution < -0.4 is 20.4 Å². The highest BCUT2D eigenvalue weighted by Gasteiger charge is 2.25. The normalized spacial score (nSPS) is 13.7. The van der Waals surface area contributed by atoms with E-state index in [1.807, 2.05) is 18.2 Å². The van der Waals surface area contributed by atoms with Gasteiger partial charge >= 0.3 is 0 Å². The topological polar surface area (TPSA) is 108 Å². The average Bonchev–Trinajstić information content (AvgIpc) is 3.69. The quantitative estimate of drug-likeness (QED) is 0.281. The number of halogens is 1. The summed E-state index contributed by atoms with van der Waals surface area (Å²) >= 11 is 0. The molecule has 1 amide bonds. The van der Waals surface area contributed by atoms with Crippen molar-refractivity contribution in [2.24, 2.45) is 0 Å². The van der Waals surface area contributed by atoms with Crippen LogP contribution in [0.2, 0.25) is 0 Å². The van der Waals surface area contributed by atoms with E-state index in [1.165, 1.54) is 30.1 Å². The predicted molar refractivity (Wildman–Crippen MR) is 135 cm³/mol. The standard InChI is InChI=1S/C24H27FN6O3S/c1-4-34-30-24(32)18-14-27-23(28-17-8-10-22(25)26-13-17)12-20(18)29-19-9-7-16(15-5-6-15)11-21(19)31(2)35(3)33/h7-15H,4-6H2,1-3H3,(H,30,32)(H2,27,28,29). The molecule has 2 aromatic heterocycles. The number of nitrogens with zero attached hydrogens (tertiary/aromatic N) is 3. The van der Waals surface area contributed by atoms with Gasteiger partial charge in [-0.25, -0.2) is 19.7 Å². The molecular formula is C24H27FN6O3S. The molecule has 0 saturated heterocycles. The third-order valence-electron chi connectivity index (χ3n) is 5.52. The lowest BCUT2D eigenvalue weighted by Crippen LogP contribution is -2.25. The van der Waals surface area contributed by atoms with E-state index >= 15 is 0 Å². The maximum Gasteiger partial charge on any atom is 0.278 e. The monoisotopic (exact) mass is 498 g/mol. The van der Waals surface area contributed by atoms with Crippen LogP contribution in [0.25, 0.3) is 0 Å². The van der Waals surface area contributed by atoms with Crippen LogP contribution >= 0.6 is 0 Å². The lowest BCUT2D eigenvalue weighted by atomic mass is 10.1. The minimum atomic E-state index is -1.25. The number of anilines is 5. The first-order valence-corrected chi connectivity index (χ1v) is 12.7. The summed E-state index contributed by atoms with van der Waals surface area (Å²) in [6.45, 7) is 2.06. The van der Waals surface area contributed by atoms with Gasteiger partial charge in [0.15, 0.2) is 0 Å². The van der Waals surface area contributed by atoms with Crippen molar-refractivity contribution in [3.05, 3.63) is 65.9 Å². The molecule has 11 heteroatoms. The lowest BCUT2D eigenvalue weighted by molar-refractivity contribution is 0.0365. The Morgan fingerprint density at radius 2 is 1.94 bits per heavy atom. The van der Waals surface area contributed by atoms with Gasteiger partial charge in [-0.15, -0.1) is 0 Å². The van der Waals surface area contributed by atoms with E-state index in [1.54, 1.807) is 30.6 Å². The minimum Gasteiger partial charge on any atom is -0.353 e. The second kappa shape index (κ2) is 10.8. The molecule has 1 aliphatic carbocycles. The molecule has 1 fully saturated rings. The van der Waals surface area contributed by atoms with E-state index in [2.05, 4.69) is 26.1 Å². The Kier molecular flexibility index (Phi) is 7.57. The SMILES string of the molecule is CCONC(=O)c1cnc(Nc2ccc(F)nc2)cc1Nc1ccc(C2CC2)cc1N(C)S(C)=O. The van der Waals surface area contributed by atoms with Crippen LogP contribution in [0.3, 0.4) is 0 Å². The Hall–Kier alpha value is -3.57. The number of hydroxylamine groups is 1. The fourth-order valence-corrected chi connectivity index (χ4v) is 3.90. The highest BCUT2D eigenvalue weighted by atomic mass is 32.2. The van der Waals surface area contributed by atoms with Crippen LogP contribution in [-0.4, -0.2) is 40.0 Å². The van der Waals surface area contributed by atoms with Gasteiger partial charge in [0.1, 0.15) is 16.8 Å². The zero-order chi connectivity index (χ0) is 24.9. The largest absolute Gasteiger partial charge is 0.353 e. The molecule has 0 spiro atoms. The first kappa shape index (κ1) is 24.6. The molecule has 1 aliphatic rings. The smallest absolute Gasteiger partial charge is 0.278 e. The van der Waals surface area contributed by atoms with Crippen molar-refractivity contribution in [1.82, 2.24) is 15.4 Å². The van der Waals surface area contributed by atoms with Crippen molar-refractivity contribution in [1.29, 1.82) is 0 Å². The van der Waals surface area contributed by atoms with Gasteiger partial charge in [-0.05, 0) is 55.5 Å². The van der Waals surface area contributed by atoms with Gasteiger partial charge < -0.3 is 10.6 Å². The van der Waals surface area contributed by atoms with Gasteiger partial charge in [0.25, 0.3) is 5.91 Å². The van der Waals surface area contributed by atoms with Crippen molar-refractivity contribution in [3.63, 3.8) is 0 Å². The molecule has 9 nitrogen and oxygen atoms in total. The van der Waals surface area contributed by atoms with E-state index in [4.69, 9.17) is 4.84 Å². The summed E-state index contributed by atoms with van der Waals surface area (Å²) in [4.78, 5) is 25.8. The summed E-state index contributed by atoms with van der Waals surface area (Å²) in [5.41, 5.74) is 6.24. The molecule has 4 rings (SSSR count). The molecule has 1 saturated carbocycles. The predicted octanol–water partition coefficient (Wildman–Crippen LogP) is 4.39. The lowest BCUT2D eigenvalue weighted by Gasteiger charge is -2.22. The number of amides is 1. The summed E-state index contributed by atoms with van der Waals surface area (Å²) in [6, 6.07) is 10.4. The summed E-state index contributed by atoms with van der Waals surface area (Å²) < 4.78 is 27.1. The van der Waals surface area contributed by atoms with Gasteiger partial charge in [-0.1, -0.05) is 6.07 Å². The summed E-state index contributed by atoms with van der Waals surface area (Å²) in [5.74, 6) is -0.124. The fourth-order valence-electron chi connectivity index (χ4n) is 3.47. The molecule has 3 aromatic rings. The van der Waals surface area contributed by atoms with E-state index in [0.717, 1.165) is 18.5 Å². The van der Waals surface area contributed by atoms with Gasteiger partial charge in [-0.3, -0.25) is 13.9 Å². The Bertz CT molecular complexity index is 1240. The summed E-state index contributed by atoms with van der Waals surface area (Å²) in [5, 5.41) is 6.36. The zero-order valence-corrected chi connectivity index (χ0v) is 20.5. The molecule has 1 atom stereocenters. The van der Waals surface area contributed by atoms with Crippen molar-refractivity contribution < 1.29 is 18.2 Å². The van der Waals surface area contributed by atoms with Crippen LogP contribution in [0.1, 0.15) is 41.6 Å². The number of benzene rings is 1. The van der Waals surface area contributed by atoms with Crippen molar-refractivity contribution in [2.45, 2.75) is 25.7 Å². The number of aromatic nitrogens is 2. The van der Waals surface area contributed by atoms with Crippen molar-refractivity contribution in [2.75, 3.05) is 34.8 Å². The number of hydrogen-bond donors (Lipinski definition) is 3. The highest BCUT2D eigenvalue weighted by Crippen LogP contribution is 2.43. The molecule has 35 heavy (non-hydrogen) atoms. The molecule has 0 bridgehead atoms. The van der Waals surface area contributed by atoms with Gasteiger partial charge in [0.05, 0.1) is 41.1 Å². The molecule has 184 valence electrons. The van der Waals surface area contributed by atoms with E-state index < -0.39 is 22.8 Å². The maximum atomic E-state index is 13.2. The van der Waals surface area contributed by atoms with Gasteiger partial charge in [-0.2, -0.15) is 4.39 Å².